The molecule has 0 radical (unpaired) electrons. The molecule has 0 aliphatic carbocycles. The molecule has 0 saturated carbocycles. The zero-order chi connectivity index (χ0) is 25.2. The second-order valence-electron chi connectivity index (χ2n) is 8.81. The highest BCUT2D eigenvalue weighted by Crippen LogP contribution is 2.27. The highest BCUT2D eigenvalue weighted by molar-refractivity contribution is 6.03. The summed E-state index contributed by atoms with van der Waals surface area (Å²) >= 11 is 0. The molecule has 1 atom stereocenters. The number of hydrogen-bond donors (Lipinski definition) is 1. The molecule has 1 saturated heterocycles. The number of imidazole rings is 1. The van der Waals surface area contributed by atoms with E-state index in [1.54, 1.807) is 48.4 Å². The third kappa shape index (κ3) is 4.95. The van der Waals surface area contributed by atoms with Gasteiger partial charge in [0, 0.05) is 42.8 Å². The first-order chi connectivity index (χ1) is 17.4. The van der Waals surface area contributed by atoms with Gasteiger partial charge in [0.1, 0.15) is 23.2 Å². The van der Waals surface area contributed by atoms with Gasteiger partial charge < -0.3 is 15.0 Å². The van der Waals surface area contributed by atoms with E-state index in [0.717, 1.165) is 17.1 Å². The van der Waals surface area contributed by atoms with Crippen LogP contribution in [0.2, 0.25) is 0 Å². The van der Waals surface area contributed by atoms with Gasteiger partial charge in [-0.3, -0.25) is 14.2 Å². The van der Waals surface area contributed by atoms with E-state index >= 15 is 0 Å². The Bertz CT molecular complexity index is 1410. The summed E-state index contributed by atoms with van der Waals surface area (Å²) in [5.41, 5.74) is 2.56. The Morgan fingerprint density at radius 1 is 1.03 bits per heavy atom. The predicted octanol–water partition coefficient (Wildman–Crippen LogP) is 4.37. The number of aromatic nitrogens is 4. The van der Waals surface area contributed by atoms with Gasteiger partial charge in [0.05, 0.1) is 5.92 Å². The van der Waals surface area contributed by atoms with Gasteiger partial charge >= 0.3 is 0 Å². The van der Waals surface area contributed by atoms with E-state index in [2.05, 4.69) is 20.3 Å². The number of carbonyl (C=O) groups is 2. The molecule has 5 rings (SSSR count). The maximum Gasteiger partial charge on any atom is 0.229 e. The molecule has 1 aliphatic heterocycles. The van der Waals surface area contributed by atoms with E-state index in [9.17, 15) is 9.59 Å². The highest BCUT2D eigenvalue weighted by Gasteiger charge is 2.35. The summed E-state index contributed by atoms with van der Waals surface area (Å²) in [6, 6.07) is 16.5. The van der Waals surface area contributed by atoms with E-state index < -0.39 is 5.92 Å². The third-order valence-corrected chi connectivity index (χ3v) is 6.06. The molecule has 1 unspecified atom stereocenters. The summed E-state index contributed by atoms with van der Waals surface area (Å²) < 4.78 is 7.79. The van der Waals surface area contributed by atoms with Crippen LogP contribution in [0.4, 0.5) is 11.4 Å². The molecule has 2 amide bonds. The number of rotatable bonds is 6. The Hall–Kier alpha value is -4.53. The Labute approximate surface area is 208 Å². The monoisotopic (exact) mass is 482 g/mol. The lowest BCUT2D eigenvalue weighted by atomic mass is 10.1. The van der Waals surface area contributed by atoms with Crippen LogP contribution in [0, 0.1) is 26.7 Å². The van der Waals surface area contributed by atoms with Crippen LogP contribution in [-0.4, -0.2) is 37.9 Å². The molecule has 36 heavy (non-hydrogen) atoms. The van der Waals surface area contributed by atoms with Crippen molar-refractivity contribution in [1.29, 1.82) is 0 Å². The Kier molecular flexibility index (Phi) is 6.20. The second-order valence-corrected chi connectivity index (χ2v) is 8.81. The van der Waals surface area contributed by atoms with Gasteiger partial charge in [-0.05, 0) is 57.2 Å². The fourth-order valence-corrected chi connectivity index (χ4v) is 4.15. The van der Waals surface area contributed by atoms with Crippen LogP contribution in [0.25, 0.3) is 5.82 Å². The van der Waals surface area contributed by atoms with Gasteiger partial charge in [0.25, 0.3) is 0 Å². The third-order valence-electron chi connectivity index (χ3n) is 6.06. The molecule has 2 aromatic heterocycles. The summed E-state index contributed by atoms with van der Waals surface area (Å²) in [6.45, 7) is 6.05. The summed E-state index contributed by atoms with van der Waals surface area (Å²) in [7, 11) is 0. The molecule has 0 spiro atoms. The number of aryl methyl sites for hydroxylation is 3. The minimum atomic E-state index is -0.413. The highest BCUT2D eigenvalue weighted by atomic mass is 16.5. The van der Waals surface area contributed by atoms with E-state index in [1.807, 2.05) is 48.9 Å². The number of nitrogens with zero attached hydrogens (tertiary/aromatic N) is 5. The molecular weight excluding hydrogens is 456 g/mol. The minimum Gasteiger partial charge on any atom is -0.439 e. The number of nitrogens with one attached hydrogen (secondary N) is 1. The Morgan fingerprint density at radius 2 is 1.78 bits per heavy atom. The molecule has 1 N–H and O–H groups in total. The molecule has 1 fully saturated rings. The number of amides is 2. The molecule has 4 aromatic rings. The second kappa shape index (κ2) is 9.61. The topological polar surface area (TPSA) is 102 Å². The zero-order valence-electron chi connectivity index (χ0n) is 20.3. The predicted molar refractivity (Wildman–Crippen MR) is 135 cm³/mol. The van der Waals surface area contributed by atoms with E-state index in [-0.39, 0.29) is 18.2 Å². The standard InChI is InChI=1S/C27H26N6O3/c1-17-4-8-22(9-5-17)33-16-20(14-26(33)34)27(35)31-21-6-10-23(11-7-21)36-25-15-24(29-18(2)30-25)32-13-12-28-19(32)3/h4-13,15,20H,14,16H2,1-3H3,(H,31,35). The lowest BCUT2D eigenvalue weighted by molar-refractivity contribution is -0.122. The molecule has 9 heteroatoms. The molecule has 0 bridgehead atoms. The van der Waals surface area contributed by atoms with Crippen LogP contribution < -0.4 is 15.0 Å². The maximum atomic E-state index is 12.8. The summed E-state index contributed by atoms with van der Waals surface area (Å²) in [4.78, 5) is 40.1. The zero-order valence-corrected chi connectivity index (χ0v) is 20.3. The van der Waals surface area contributed by atoms with E-state index in [4.69, 9.17) is 4.74 Å². The van der Waals surface area contributed by atoms with Crippen molar-refractivity contribution in [2.75, 3.05) is 16.8 Å². The van der Waals surface area contributed by atoms with Crippen molar-refractivity contribution in [2.24, 2.45) is 5.92 Å². The van der Waals surface area contributed by atoms with Crippen molar-refractivity contribution < 1.29 is 14.3 Å². The van der Waals surface area contributed by atoms with Crippen LogP contribution in [-0.2, 0) is 9.59 Å². The van der Waals surface area contributed by atoms with Gasteiger partial charge in [-0.1, -0.05) is 17.7 Å². The van der Waals surface area contributed by atoms with Crippen LogP contribution >= 0.6 is 0 Å². The number of ether oxygens (including phenoxy) is 1. The van der Waals surface area contributed by atoms with Crippen LogP contribution in [0.3, 0.4) is 0 Å². The van der Waals surface area contributed by atoms with E-state index in [0.29, 0.717) is 35.5 Å². The first-order valence-corrected chi connectivity index (χ1v) is 11.7. The van der Waals surface area contributed by atoms with Gasteiger partial charge in [-0.2, -0.15) is 4.98 Å². The Morgan fingerprint density at radius 3 is 2.47 bits per heavy atom. The fraction of sp³-hybridized carbons (Fsp3) is 0.222. The number of benzene rings is 2. The largest absolute Gasteiger partial charge is 0.439 e. The maximum absolute atomic E-state index is 12.8. The first-order valence-electron chi connectivity index (χ1n) is 11.7. The molecule has 2 aromatic carbocycles. The van der Waals surface area contributed by atoms with Crippen molar-refractivity contribution in [3.05, 3.63) is 84.2 Å². The van der Waals surface area contributed by atoms with Crippen molar-refractivity contribution in [1.82, 2.24) is 19.5 Å². The normalized spacial score (nSPS) is 15.2. The van der Waals surface area contributed by atoms with Gasteiger partial charge in [-0.15, -0.1) is 0 Å². The number of anilines is 2. The Balaban J connectivity index is 1.22. The quantitative estimate of drug-likeness (QED) is 0.438. The van der Waals surface area contributed by atoms with Gasteiger partial charge in [0.2, 0.25) is 17.7 Å². The van der Waals surface area contributed by atoms with Crippen molar-refractivity contribution >= 4 is 23.2 Å². The summed E-state index contributed by atoms with van der Waals surface area (Å²) in [5, 5.41) is 2.91. The average molecular weight is 483 g/mol. The lowest BCUT2D eigenvalue weighted by Crippen LogP contribution is -2.28. The van der Waals surface area contributed by atoms with Crippen molar-refractivity contribution in [3.63, 3.8) is 0 Å². The van der Waals surface area contributed by atoms with Gasteiger partial charge in [0.15, 0.2) is 0 Å². The summed E-state index contributed by atoms with van der Waals surface area (Å²) in [6.07, 6.45) is 3.73. The minimum absolute atomic E-state index is 0.0480. The molecule has 182 valence electrons. The average Bonchev–Trinajstić information content (AvgIpc) is 3.46. The summed E-state index contributed by atoms with van der Waals surface area (Å²) in [5.74, 6) is 2.39. The van der Waals surface area contributed by atoms with Crippen molar-refractivity contribution in [3.8, 4) is 17.4 Å². The SMILES string of the molecule is Cc1ccc(N2CC(C(=O)Nc3ccc(Oc4cc(-n5ccnc5C)nc(C)n4)cc3)CC2=O)cc1. The lowest BCUT2D eigenvalue weighted by Gasteiger charge is -2.17. The number of carbonyl (C=O) groups excluding carboxylic acids is 2. The number of hydrogen-bond acceptors (Lipinski definition) is 6. The molecular formula is C27H26N6O3. The smallest absolute Gasteiger partial charge is 0.229 e. The van der Waals surface area contributed by atoms with Crippen LogP contribution in [0.5, 0.6) is 11.6 Å². The van der Waals surface area contributed by atoms with Crippen molar-refractivity contribution in [2.45, 2.75) is 27.2 Å². The van der Waals surface area contributed by atoms with Crippen LogP contribution in [0.1, 0.15) is 23.6 Å². The molecule has 1 aliphatic rings. The molecule has 3 heterocycles. The van der Waals surface area contributed by atoms with Crippen LogP contribution in [0.15, 0.2) is 67.0 Å². The first kappa shape index (κ1) is 23.2. The van der Waals surface area contributed by atoms with E-state index in [1.165, 1.54) is 0 Å². The van der Waals surface area contributed by atoms with Gasteiger partial charge in [-0.25, -0.2) is 9.97 Å². The fourth-order valence-electron chi connectivity index (χ4n) is 4.15. The molecule has 9 nitrogen and oxygen atoms in total.